The Kier molecular flexibility index (Phi) is 3.66. The maximum Gasteiger partial charge on any atom is 0.256 e. The van der Waals surface area contributed by atoms with E-state index < -0.39 is 5.91 Å². The average molecular weight is 258 g/mol. The molecule has 1 heterocycles. The third-order valence-electron chi connectivity index (χ3n) is 2.77. The van der Waals surface area contributed by atoms with Crippen molar-refractivity contribution in [2.24, 2.45) is 0 Å². The highest BCUT2D eigenvalue weighted by molar-refractivity contribution is 5.96. The monoisotopic (exact) mass is 258 g/mol. The van der Waals surface area contributed by atoms with Crippen LogP contribution in [0.1, 0.15) is 15.9 Å². The lowest BCUT2D eigenvalue weighted by Gasteiger charge is -2.09. The maximum atomic E-state index is 11.8. The molecule has 0 bridgehead atoms. The number of carbonyl (C=O) groups is 1. The van der Waals surface area contributed by atoms with Crippen LogP contribution in [-0.4, -0.2) is 22.6 Å². The summed E-state index contributed by atoms with van der Waals surface area (Å²) in [6.45, 7) is 0.351. The fraction of sp³-hybridized carbons (Fsp3) is 0.143. The van der Waals surface area contributed by atoms with E-state index >= 15 is 0 Å². The zero-order valence-corrected chi connectivity index (χ0v) is 10.5. The van der Waals surface area contributed by atoms with E-state index in [0.717, 1.165) is 11.6 Å². The van der Waals surface area contributed by atoms with Crippen LogP contribution in [-0.2, 0) is 6.54 Å². The lowest BCUT2D eigenvalue weighted by molar-refractivity contribution is 0.0959. The van der Waals surface area contributed by atoms with Crippen molar-refractivity contribution in [3.8, 4) is 5.75 Å². The molecule has 0 atom stereocenters. The van der Waals surface area contributed by atoms with Gasteiger partial charge in [0.25, 0.3) is 11.5 Å². The van der Waals surface area contributed by atoms with Crippen molar-refractivity contribution < 1.29 is 9.90 Å². The van der Waals surface area contributed by atoms with Gasteiger partial charge < -0.3 is 15.0 Å². The first-order valence-electron chi connectivity index (χ1n) is 5.81. The lowest BCUT2D eigenvalue weighted by Crippen LogP contribution is -2.24. The summed E-state index contributed by atoms with van der Waals surface area (Å²) in [7, 11) is 1.47. The summed E-state index contributed by atoms with van der Waals surface area (Å²) in [4.78, 5) is 23.3. The van der Waals surface area contributed by atoms with E-state index in [1.165, 1.54) is 17.8 Å². The number of benzene rings is 1. The smallest absolute Gasteiger partial charge is 0.256 e. The molecule has 2 rings (SSSR count). The van der Waals surface area contributed by atoms with Gasteiger partial charge in [0.2, 0.25) is 0 Å². The van der Waals surface area contributed by atoms with Crippen molar-refractivity contribution in [2.75, 3.05) is 7.05 Å². The Balaban J connectivity index is 2.41. The van der Waals surface area contributed by atoms with E-state index in [-0.39, 0.29) is 16.9 Å². The van der Waals surface area contributed by atoms with Gasteiger partial charge in [-0.1, -0.05) is 30.3 Å². The van der Waals surface area contributed by atoms with E-state index in [4.69, 9.17) is 0 Å². The van der Waals surface area contributed by atoms with Crippen LogP contribution in [0.3, 0.4) is 0 Å². The van der Waals surface area contributed by atoms with Gasteiger partial charge >= 0.3 is 0 Å². The van der Waals surface area contributed by atoms with Crippen LogP contribution in [0.25, 0.3) is 0 Å². The van der Waals surface area contributed by atoms with Crippen molar-refractivity contribution in [1.82, 2.24) is 9.88 Å². The molecule has 0 saturated heterocycles. The molecule has 2 N–H and O–H groups in total. The molecular formula is C14H14N2O3. The zero-order chi connectivity index (χ0) is 13.8. The van der Waals surface area contributed by atoms with Crippen LogP contribution >= 0.6 is 0 Å². The highest BCUT2D eigenvalue weighted by Gasteiger charge is 2.12. The quantitative estimate of drug-likeness (QED) is 0.861. The second kappa shape index (κ2) is 5.39. The molecule has 19 heavy (non-hydrogen) atoms. The number of nitrogens with one attached hydrogen (secondary N) is 1. The predicted molar refractivity (Wildman–Crippen MR) is 71.3 cm³/mol. The van der Waals surface area contributed by atoms with Crippen LogP contribution in [0.5, 0.6) is 5.75 Å². The first kappa shape index (κ1) is 12.9. The zero-order valence-electron chi connectivity index (χ0n) is 10.5. The van der Waals surface area contributed by atoms with Crippen LogP contribution in [0.2, 0.25) is 0 Å². The number of rotatable bonds is 3. The Hall–Kier alpha value is -2.56. The molecule has 5 heteroatoms. The molecule has 0 saturated carbocycles. The van der Waals surface area contributed by atoms with E-state index in [9.17, 15) is 14.7 Å². The number of hydrogen-bond acceptors (Lipinski definition) is 3. The van der Waals surface area contributed by atoms with E-state index in [0.29, 0.717) is 6.54 Å². The first-order chi connectivity index (χ1) is 9.11. The number of hydrogen-bond donors (Lipinski definition) is 2. The van der Waals surface area contributed by atoms with Crippen LogP contribution in [0, 0.1) is 0 Å². The SMILES string of the molecule is CNC(=O)c1cn(Cc2ccccc2)c(=O)cc1O. The molecule has 1 aromatic heterocycles. The molecule has 2 aromatic rings. The highest BCUT2D eigenvalue weighted by Crippen LogP contribution is 2.13. The normalized spacial score (nSPS) is 10.2. The molecule has 5 nitrogen and oxygen atoms in total. The summed E-state index contributed by atoms with van der Waals surface area (Å²) in [5.74, 6) is -0.743. The summed E-state index contributed by atoms with van der Waals surface area (Å²) >= 11 is 0. The van der Waals surface area contributed by atoms with Gasteiger partial charge in [-0.25, -0.2) is 0 Å². The average Bonchev–Trinajstić information content (AvgIpc) is 2.42. The summed E-state index contributed by atoms with van der Waals surface area (Å²) < 4.78 is 1.39. The molecular weight excluding hydrogens is 244 g/mol. The van der Waals surface area contributed by atoms with Gasteiger partial charge in [-0.15, -0.1) is 0 Å². The molecule has 0 aliphatic rings. The Morgan fingerprint density at radius 1 is 1.32 bits per heavy atom. The first-order valence-corrected chi connectivity index (χ1v) is 5.81. The van der Waals surface area contributed by atoms with E-state index in [2.05, 4.69) is 5.32 Å². The van der Waals surface area contributed by atoms with Crippen LogP contribution in [0.4, 0.5) is 0 Å². The number of nitrogens with zero attached hydrogens (tertiary/aromatic N) is 1. The largest absolute Gasteiger partial charge is 0.507 e. The molecule has 0 aliphatic carbocycles. The number of pyridine rings is 1. The minimum atomic E-state index is -0.431. The Bertz CT molecular complexity index is 647. The Labute approximate surface area is 110 Å². The lowest BCUT2D eigenvalue weighted by atomic mass is 10.2. The van der Waals surface area contributed by atoms with E-state index in [1.807, 2.05) is 30.3 Å². The van der Waals surface area contributed by atoms with Crippen LogP contribution < -0.4 is 10.9 Å². The van der Waals surface area contributed by atoms with Crippen molar-refractivity contribution >= 4 is 5.91 Å². The van der Waals surface area contributed by atoms with Crippen molar-refractivity contribution in [3.05, 3.63) is 64.1 Å². The van der Waals surface area contributed by atoms with Crippen LogP contribution in [0.15, 0.2) is 47.4 Å². The number of amides is 1. The molecule has 0 spiro atoms. The number of aromatic hydroxyl groups is 1. The summed E-state index contributed by atoms with van der Waals surface area (Å²) in [6.07, 6.45) is 1.36. The van der Waals surface area contributed by atoms with Gasteiger partial charge in [0, 0.05) is 19.3 Å². The molecule has 98 valence electrons. The third kappa shape index (κ3) is 2.82. The minimum absolute atomic E-state index is 0.0815. The van der Waals surface area contributed by atoms with E-state index in [1.54, 1.807) is 0 Å². The third-order valence-corrected chi connectivity index (χ3v) is 2.77. The van der Waals surface area contributed by atoms with Gasteiger partial charge in [-0.3, -0.25) is 9.59 Å². The van der Waals surface area contributed by atoms with Gasteiger partial charge in [-0.2, -0.15) is 0 Å². The number of carbonyl (C=O) groups excluding carboxylic acids is 1. The van der Waals surface area contributed by atoms with Crippen molar-refractivity contribution in [1.29, 1.82) is 0 Å². The summed E-state index contributed by atoms with van der Waals surface area (Å²) in [6, 6.07) is 10.5. The van der Waals surface area contributed by atoms with Crippen molar-refractivity contribution in [2.45, 2.75) is 6.54 Å². The second-order valence-corrected chi connectivity index (χ2v) is 4.10. The highest BCUT2D eigenvalue weighted by atomic mass is 16.3. The Morgan fingerprint density at radius 2 is 2.00 bits per heavy atom. The fourth-order valence-electron chi connectivity index (χ4n) is 1.78. The predicted octanol–water partition coefficient (Wildman–Crippen LogP) is 0.962. The topological polar surface area (TPSA) is 71.3 Å². The minimum Gasteiger partial charge on any atom is -0.507 e. The number of aromatic nitrogens is 1. The molecule has 0 aliphatic heterocycles. The van der Waals surface area contributed by atoms with Gasteiger partial charge in [-0.05, 0) is 5.56 Å². The van der Waals surface area contributed by atoms with Gasteiger partial charge in [0.05, 0.1) is 12.1 Å². The molecule has 0 fully saturated rings. The van der Waals surface area contributed by atoms with Gasteiger partial charge in [0.15, 0.2) is 0 Å². The van der Waals surface area contributed by atoms with Gasteiger partial charge in [0.1, 0.15) is 5.75 Å². The van der Waals surface area contributed by atoms with Crippen molar-refractivity contribution in [3.63, 3.8) is 0 Å². The maximum absolute atomic E-state index is 11.8. The standard InChI is InChI=1S/C14H14N2O3/c1-15-14(19)11-9-16(13(18)7-12(11)17)8-10-5-3-2-4-6-10/h2-7,9,17H,8H2,1H3,(H,15,19). The molecule has 0 radical (unpaired) electrons. The second-order valence-electron chi connectivity index (χ2n) is 4.10. The molecule has 1 amide bonds. The summed E-state index contributed by atoms with van der Waals surface area (Å²) in [5, 5.41) is 12.0. The fourth-order valence-corrected chi connectivity index (χ4v) is 1.78. The molecule has 1 aromatic carbocycles. The molecule has 0 unspecified atom stereocenters. The summed E-state index contributed by atoms with van der Waals surface area (Å²) in [5.41, 5.74) is 0.671. The Morgan fingerprint density at radius 3 is 2.63 bits per heavy atom.